The van der Waals surface area contributed by atoms with Crippen LogP contribution in [0.4, 0.5) is 5.69 Å². The number of ether oxygens (including phenoxy) is 3. The molecular weight excluding hydrogens is 398 g/mol. The maximum Gasteiger partial charge on any atom is 0.309 e. The van der Waals surface area contributed by atoms with Crippen molar-refractivity contribution in [3.05, 3.63) is 52.5 Å². The molecule has 2 N–H and O–H groups in total. The molecule has 0 aromatic heterocycles. The van der Waals surface area contributed by atoms with Crippen molar-refractivity contribution in [2.45, 2.75) is 25.6 Å². The van der Waals surface area contributed by atoms with Crippen LogP contribution in [0.5, 0.6) is 11.5 Å². The van der Waals surface area contributed by atoms with E-state index in [9.17, 15) is 14.7 Å². The summed E-state index contributed by atoms with van der Waals surface area (Å²) in [7, 11) is 3.02. The molecule has 1 aliphatic heterocycles. The lowest BCUT2D eigenvalue weighted by Crippen LogP contribution is -2.39. The SMILES string of the molecule is CCC(C(=O)O)[C@H]1O[C@H](c2cccc(OC)c2OC)c2cc(Cl)ccc2NC1=O. The number of aliphatic carboxylic acids is 1. The standard InChI is InChI=1S/C21H22ClNO6/c1-4-12(21(25)26)19-20(24)23-15-9-8-11(22)10-14(15)17(29-19)13-6-5-7-16(27-2)18(13)28-3/h5-10,12,17,19H,4H2,1-3H3,(H,23,24)(H,25,26)/t12?,17-,19-/m1/s1. The van der Waals surface area contributed by atoms with Gasteiger partial charge in [0.25, 0.3) is 5.91 Å². The average Bonchev–Trinajstić information content (AvgIpc) is 2.84. The van der Waals surface area contributed by atoms with E-state index < -0.39 is 30.0 Å². The van der Waals surface area contributed by atoms with Crippen LogP contribution in [0.3, 0.4) is 0 Å². The normalized spacial score (nSPS) is 19.5. The van der Waals surface area contributed by atoms with Crippen molar-refractivity contribution in [3.63, 3.8) is 0 Å². The van der Waals surface area contributed by atoms with Crippen molar-refractivity contribution in [2.75, 3.05) is 19.5 Å². The van der Waals surface area contributed by atoms with Gasteiger partial charge in [0, 0.05) is 21.8 Å². The number of carboxylic acids is 1. The van der Waals surface area contributed by atoms with Crippen molar-refractivity contribution < 1.29 is 28.9 Å². The van der Waals surface area contributed by atoms with Crippen molar-refractivity contribution in [2.24, 2.45) is 5.92 Å². The van der Waals surface area contributed by atoms with Crippen LogP contribution in [0.25, 0.3) is 0 Å². The van der Waals surface area contributed by atoms with E-state index in [1.54, 1.807) is 43.3 Å². The maximum atomic E-state index is 12.8. The molecule has 154 valence electrons. The quantitative estimate of drug-likeness (QED) is 0.737. The highest BCUT2D eigenvalue weighted by molar-refractivity contribution is 6.30. The fourth-order valence-electron chi connectivity index (χ4n) is 3.50. The van der Waals surface area contributed by atoms with Gasteiger partial charge in [-0.3, -0.25) is 9.59 Å². The number of hydrogen-bond donors (Lipinski definition) is 2. The Balaban J connectivity index is 2.21. The fraction of sp³-hybridized carbons (Fsp3) is 0.333. The van der Waals surface area contributed by atoms with Crippen molar-refractivity contribution in [1.29, 1.82) is 0 Å². The van der Waals surface area contributed by atoms with Crippen LogP contribution in [0, 0.1) is 5.92 Å². The number of anilines is 1. The van der Waals surface area contributed by atoms with Gasteiger partial charge in [-0.25, -0.2) is 0 Å². The Hall–Kier alpha value is -2.77. The topological polar surface area (TPSA) is 94.1 Å². The first-order valence-corrected chi connectivity index (χ1v) is 9.48. The minimum absolute atomic E-state index is 0.229. The summed E-state index contributed by atoms with van der Waals surface area (Å²) < 4.78 is 17.1. The summed E-state index contributed by atoms with van der Waals surface area (Å²) in [5, 5.41) is 12.8. The van der Waals surface area contributed by atoms with Gasteiger partial charge in [-0.05, 0) is 30.7 Å². The Bertz CT molecular complexity index is 931. The van der Waals surface area contributed by atoms with E-state index in [1.807, 2.05) is 0 Å². The molecule has 29 heavy (non-hydrogen) atoms. The number of benzene rings is 2. The molecule has 0 bridgehead atoms. The number of halogens is 1. The van der Waals surface area contributed by atoms with Crippen molar-refractivity contribution >= 4 is 29.2 Å². The number of methoxy groups -OCH3 is 2. The summed E-state index contributed by atoms with van der Waals surface area (Å²) in [5.74, 6) is -1.72. The molecule has 0 radical (unpaired) electrons. The van der Waals surface area contributed by atoms with E-state index in [0.717, 1.165) is 0 Å². The van der Waals surface area contributed by atoms with E-state index >= 15 is 0 Å². The summed E-state index contributed by atoms with van der Waals surface area (Å²) in [6, 6.07) is 10.3. The number of fused-ring (bicyclic) bond motifs is 1. The van der Waals surface area contributed by atoms with Gasteiger partial charge in [-0.1, -0.05) is 30.7 Å². The molecule has 3 atom stereocenters. The molecule has 3 rings (SSSR count). The second-order valence-corrected chi connectivity index (χ2v) is 7.03. The van der Waals surface area contributed by atoms with Gasteiger partial charge in [0.1, 0.15) is 6.10 Å². The Morgan fingerprint density at radius 3 is 2.62 bits per heavy atom. The number of para-hydroxylation sites is 1. The molecule has 1 unspecified atom stereocenters. The number of carboxylic acid groups (broad SMARTS) is 1. The second kappa shape index (κ2) is 8.71. The number of nitrogens with one attached hydrogen (secondary N) is 1. The molecule has 0 fully saturated rings. The van der Waals surface area contributed by atoms with E-state index in [0.29, 0.717) is 33.3 Å². The summed E-state index contributed by atoms with van der Waals surface area (Å²) >= 11 is 6.21. The van der Waals surface area contributed by atoms with Crippen molar-refractivity contribution in [1.82, 2.24) is 0 Å². The van der Waals surface area contributed by atoms with Gasteiger partial charge >= 0.3 is 5.97 Å². The molecule has 8 heteroatoms. The first kappa shape index (κ1) is 21.0. The highest BCUT2D eigenvalue weighted by atomic mass is 35.5. The smallest absolute Gasteiger partial charge is 0.309 e. The Labute approximate surface area is 173 Å². The predicted molar refractivity (Wildman–Crippen MR) is 108 cm³/mol. The average molecular weight is 420 g/mol. The van der Waals surface area contributed by atoms with Crippen molar-refractivity contribution in [3.8, 4) is 11.5 Å². The summed E-state index contributed by atoms with van der Waals surface area (Å²) in [4.78, 5) is 24.6. The van der Waals surface area contributed by atoms with Crippen LogP contribution in [0.1, 0.15) is 30.6 Å². The molecule has 2 aromatic carbocycles. The van der Waals surface area contributed by atoms with Gasteiger partial charge < -0.3 is 24.6 Å². The van der Waals surface area contributed by atoms with E-state index in [-0.39, 0.29) is 6.42 Å². The molecule has 0 saturated carbocycles. The zero-order valence-corrected chi connectivity index (χ0v) is 17.0. The van der Waals surface area contributed by atoms with Crippen LogP contribution in [-0.2, 0) is 14.3 Å². The summed E-state index contributed by atoms with van der Waals surface area (Å²) in [6.45, 7) is 1.70. The van der Waals surface area contributed by atoms with Gasteiger partial charge in [0.15, 0.2) is 17.6 Å². The number of carbonyl (C=O) groups is 2. The highest BCUT2D eigenvalue weighted by Gasteiger charge is 2.40. The maximum absolute atomic E-state index is 12.8. The first-order valence-electron chi connectivity index (χ1n) is 9.10. The third-order valence-electron chi connectivity index (χ3n) is 4.93. The third kappa shape index (κ3) is 4.02. The van der Waals surface area contributed by atoms with Crippen LogP contribution in [0.15, 0.2) is 36.4 Å². The van der Waals surface area contributed by atoms with Crippen LogP contribution < -0.4 is 14.8 Å². The molecule has 2 aromatic rings. The first-order chi connectivity index (χ1) is 13.9. The lowest BCUT2D eigenvalue weighted by atomic mass is 9.97. The minimum atomic E-state index is -1.20. The third-order valence-corrected chi connectivity index (χ3v) is 5.17. The molecule has 1 amide bonds. The van der Waals surface area contributed by atoms with Gasteiger partial charge in [-0.15, -0.1) is 0 Å². The second-order valence-electron chi connectivity index (χ2n) is 6.59. The predicted octanol–water partition coefficient (Wildman–Crippen LogP) is 3.89. The summed E-state index contributed by atoms with van der Waals surface area (Å²) in [5.41, 5.74) is 1.69. The Kier molecular flexibility index (Phi) is 6.30. The molecule has 1 aliphatic rings. The Morgan fingerprint density at radius 1 is 1.24 bits per heavy atom. The zero-order valence-electron chi connectivity index (χ0n) is 16.3. The van der Waals surface area contributed by atoms with Crippen LogP contribution in [0.2, 0.25) is 5.02 Å². The molecule has 0 spiro atoms. The molecule has 1 heterocycles. The minimum Gasteiger partial charge on any atom is -0.493 e. The number of hydrogen-bond acceptors (Lipinski definition) is 5. The zero-order chi connectivity index (χ0) is 21.1. The van der Waals surface area contributed by atoms with Gasteiger partial charge in [0.05, 0.1) is 20.1 Å². The largest absolute Gasteiger partial charge is 0.493 e. The lowest BCUT2D eigenvalue weighted by Gasteiger charge is -2.26. The number of amides is 1. The van der Waals surface area contributed by atoms with E-state index in [1.165, 1.54) is 14.2 Å². The molecular formula is C21H22ClNO6. The monoisotopic (exact) mass is 419 g/mol. The molecule has 7 nitrogen and oxygen atoms in total. The van der Waals surface area contributed by atoms with E-state index in [2.05, 4.69) is 5.32 Å². The molecule has 0 saturated heterocycles. The number of rotatable bonds is 6. The van der Waals surface area contributed by atoms with Gasteiger partial charge in [0.2, 0.25) is 0 Å². The summed E-state index contributed by atoms with van der Waals surface area (Å²) in [6.07, 6.45) is -1.78. The Morgan fingerprint density at radius 2 is 2.00 bits per heavy atom. The van der Waals surface area contributed by atoms with Gasteiger partial charge in [-0.2, -0.15) is 0 Å². The van der Waals surface area contributed by atoms with E-state index in [4.69, 9.17) is 25.8 Å². The highest BCUT2D eigenvalue weighted by Crippen LogP contribution is 2.44. The molecule has 0 aliphatic carbocycles. The number of carbonyl (C=O) groups excluding carboxylic acids is 1. The van der Waals surface area contributed by atoms with Crippen LogP contribution >= 0.6 is 11.6 Å². The van der Waals surface area contributed by atoms with Crippen LogP contribution in [-0.4, -0.2) is 37.3 Å². The lowest BCUT2D eigenvalue weighted by molar-refractivity contribution is -0.154. The fourth-order valence-corrected chi connectivity index (χ4v) is 3.69.